The zero-order valence-corrected chi connectivity index (χ0v) is 11.3. The van der Waals surface area contributed by atoms with Crippen LogP contribution in [0.5, 0.6) is 0 Å². The van der Waals surface area contributed by atoms with Crippen LogP contribution in [0.1, 0.15) is 55.0 Å². The second-order valence-electron chi connectivity index (χ2n) is 5.25. The van der Waals surface area contributed by atoms with Crippen molar-refractivity contribution in [1.29, 1.82) is 0 Å². The van der Waals surface area contributed by atoms with E-state index in [1.54, 1.807) is 12.1 Å². The zero-order chi connectivity index (χ0) is 13.9. The van der Waals surface area contributed by atoms with Crippen molar-refractivity contribution >= 4 is 22.9 Å². The monoisotopic (exact) mass is 285 g/mol. The molecule has 2 aliphatic rings. The summed E-state index contributed by atoms with van der Waals surface area (Å²) in [7, 11) is 0. The highest BCUT2D eigenvalue weighted by molar-refractivity contribution is 7.14. The Labute approximate surface area is 119 Å². The van der Waals surface area contributed by atoms with Crippen molar-refractivity contribution in [3.05, 3.63) is 51.0 Å². The van der Waals surface area contributed by atoms with Gasteiger partial charge in [0.05, 0.1) is 16.5 Å². The minimum atomic E-state index is -0.549. The topological polar surface area (TPSA) is 67.3 Å². The lowest BCUT2D eigenvalue weighted by Crippen LogP contribution is -2.18. The van der Waals surface area contributed by atoms with Crippen molar-refractivity contribution in [2.75, 3.05) is 0 Å². The molecule has 0 aromatic carbocycles. The minimum Gasteiger partial charge on any atom is -0.387 e. The van der Waals surface area contributed by atoms with Crippen LogP contribution >= 0.6 is 11.3 Å². The van der Waals surface area contributed by atoms with Crippen molar-refractivity contribution < 1.29 is 14.7 Å². The number of carbonyl (C=O) groups excluding carboxylic acids is 2. The number of hydrogen-bond donors (Lipinski definition) is 1. The van der Waals surface area contributed by atoms with Gasteiger partial charge >= 0.3 is 0 Å². The highest BCUT2D eigenvalue weighted by atomic mass is 32.1. The molecule has 4 rings (SSSR count). The Bertz CT molecular complexity index is 693. The van der Waals surface area contributed by atoms with Gasteiger partial charge in [0.1, 0.15) is 0 Å². The van der Waals surface area contributed by atoms with Crippen molar-refractivity contribution in [1.82, 2.24) is 4.98 Å². The number of fused-ring (bicyclic) bond motifs is 2. The molecule has 1 N–H and O–H groups in total. The van der Waals surface area contributed by atoms with Crippen molar-refractivity contribution in [2.45, 2.75) is 18.9 Å². The van der Waals surface area contributed by atoms with Crippen LogP contribution in [0.3, 0.4) is 0 Å². The van der Waals surface area contributed by atoms with Gasteiger partial charge in [-0.3, -0.25) is 14.6 Å². The first-order valence-corrected chi connectivity index (χ1v) is 7.33. The van der Waals surface area contributed by atoms with Gasteiger partial charge in [-0.05, 0) is 30.9 Å². The summed E-state index contributed by atoms with van der Waals surface area (Å²) in [6, 6.07) is 3.26. The Hall–Kier alpha value is -1.85. The summed E-state index contributed by atoms with van der Waals surface area (Å²) in [5.41, 5.74) is 1.18. The molecule has 1 saturated carbocycles. The van der Waals surface area contributed by atoms with Gasteiger partial charge in [0.25, 0.3) is 0 Å². The van der Waals surface area contributed by atoms with Gasteiger partial charge in [-0.15, -0.1) is 11.3 Å². The Kier molecular flexibility index (Phi) is 2.43. The molecular weight excluding hydrogens is 274 g/mol. The maximum absolute atomic E-state index is 12.4. The predicted molar refractivity (Wildman–Crippen MR) is 73.1 cm³/mol. The summed E-state index contributed by atoms with van der Waals surface area (Å²) >= 11 is 1.25. The second kappa shape index (κ2) is 4.07. The van der Waals surface area contributed by atoms with Gasteiger partial charge < -0.3 is 5.11 Å². The van der Waals surface area contributed by atoms with E-state index >= 15 is 0 Å². The molecule has 1 atom stereocenters. The molecule has 2 aliphatic carbocycles. The average Bonchev–Trinajstić information content (AvgIpc) is 3.22. The third kappa shape index (κ3) is 1.60. The Morgan fingerprint density at radius 2 is 2.00 bits per heavy atom. The molecule has 0 saturated heterocycles. The van der Waals surface area contributed by atoms with Crippen LogP contribution in [-0.2, 0) is 0 Å². The number of nitrogens with zero attached hydrogens (tertiary/aromatic N) is 1. The summed E-state index contributed by atoms with van der Waals surface area (Å²) in [6.45, 7) is 0. The standard InChI is InChI=1S/C15H11NO3S/c17-12(7-1-2-7)11-5-9-13(18)10-6-16-4-3-8(10)14(19)15(9)20-11/h3-7,12,17H,1-2H2. The number of carbonyl (C=O) groups is 2. The number of pyridine rings is 1. The lowest BCUT2D eigenvalue weighted by atomic mass is 9.90. The van der Waals surface area contributed by atoms with Crippen molar-refractivity contribution in [3.63, 3.8) is 0 Å². The first-order chi connectivity index (χ1) is 9.66. The summed E-state index contributed by atoms with van der Waals surface area (Å²) in [6.07, 6.45) is 4.42. The van der Waals surface area contributed by atoms with E-state index in [0.717, 1.165) is 17.7 Å². The van der Waals surface area contributed by atoms with Gasteiger partial charge in [-0.25, -0.2) is 0 Å². The van der Waals surface area contributed by atoms with Crippen molar-refractivity contribution in [3.8, 4) is 0 Å². The lowest BCUT2D eigenvalue weighted by molar-refractivity contribution is 0.0982. The molecular formula is C15H11NO3S. The fraction of sp³-hybridized carbons (Fsp3) is 0.267. The molecule has 1 unspecified atom stereocenters. The highest BCUT2D eigenvalue weighted by Gasteiger charge is 2.36. The minimum absolute atomic E-state index is 0.142. The first-order valence-electron chi connectivity index (χ1n) is 6.52. The lowest BCUT2D eigenvalue weighted by Gasteiger charge is -2.12. The van der Waals surface area contributed by atoms with Gasteiger partial charge in [-0.1, -0.05) is 0 Å². The highest BCUT2D eigenvalue weighted by Crippen LogP contribution is 2.44. The van der Waals surface area contributed by atoms with Crippen LogP contribution in [0.25, 0.3) is 0 Å². The zero-order valence-electron chi connectivity index (χ0n) is 10.5. The molecule has 0 radical (unpaired) electrons. The number of hydrogen-bond acceptors (Lipinski definition) is 5. The van der Waals surface area contributed by atoms with Gasteiger partial charge in [-0.2, -0.15) is 0 Å². The van der Waals surface area contributed by atoms with Gasteiger partial charge in [0.2, 0.25) is 5.78 Å². The molecule has 1 fully saturated rings. The van der Waals surface area contributed by atoms with Crippen LogP contribution in [0.4, 0.5) is 0 Å². The van der Waals surface area contributed by atoms with E-state index in [2.05, 4.69) is 4.98 Å². The SMILES string of the molecule is O=C1c2cnccc2C(=O)c2sc(C(O)C3CC3)cc21. The van der Waals surface area contributed by atoms with E-state index in [0.29, 0.717) is 21.6 Å². The Morgan fingerprint density at radius 1 is 1.20 bits per heavy atom. The van der Waals surface area contributed by atoms with E-state index in [1.807, 2.05) is 0 Å². The number of rotatable bonds is 2. The maximum atomic E-state index is 12.4. The van der Waals surface area contributed by atoms with E-state index < -0.39 is 6.10 Å². The molecule has 0 bridgehead atoms. The summed E-state index contributed by atoms with van der Waals surface area (Å²) in [5, 5.41) is 10.2. The van der Waals surface area contributed by atoms with E-state index in [-0.39, 0.29) is 17.5 Å². The third-order valence-corrected chi connectivity index (χ3v) is 5.08. The molecule has 2 heterocycles. The molecule has 2 aromatic rings. The quantitative estimate of drug-likeness (QED) is 0.785. The molecule has 5 heteroatoms. The van der Waals surface area contributed by atoms with Crippen LogP contribution in [0.2, 0.25) is 0 Å². The first kappa shape index (κ1) is 11.9. The second-order valence-corrected chi connectivity index (χ2v) is 6.34. The molecule has 2 aromatic heterocycles. The number of aromatic nitrogens is 1. The smallest absolute Gasteiger partial charge is 0.204 e. The molecule has 4 nitrogen and oxygen atoms in total. The summed E-state index contributed by atoms with van der Waals surface area (Å²) in [5.74, 6) is -0.0335. The summed E-state index contributed by atoms with van der Waals surface area (Å²) < 4.78 is 0. The Morgan fingerprint density at radius 3 is 2.75 bits per heavy atom. The number of ketones is 2. The predicted octanol–water partition coefficient (Wildman–Crippen LogP) is 2.36. The van der Waals surface area contributed by atoms with E-state index in [4.69, 9.17) is 0 Å². The van der Waals surface area contributed by atoms with Crippen LogP contribution < -0.4 is 0 Å². The number of aliphatic hydroxyl groups excluding tert-OH is 1. The molecule has 100 valence electrons. The molecule has 0 aliphatic heterocycles. The third-order valence-electron chi connectivity index (χ3n) is 3.87. The van der Waals surface area contributed by atoms with E-state index in [1.165, 1.54) is 23.7 Å². The average molecular weight is 285 g/mol. The fourth-order valence-corrected chi connectivity index (χ4v) is 3.77. The largest absolute Gasteiger partial charge is 0.387 e. The van der Waals surface area contributed by atoms with Crippen LogP contribution in [0, 0.1) is 5.92 Å². The van der Waals surface area contributed by atoms with Crippen LogP contribution in [0.15, 0.2) is 24.5 Å². The van der Waals surface area contributed by atoms with Crippen molar-refractivity contribution in [2.24, 2.45) is 5.92 Å². The maximum Gasteiger partial charge on any atom is 0.204 e. The van der Waals surface area contributed by atoms with Gasteiger partial charge in [0, 0.05) is 28.4 Å². The number of thiophene rings is 1. The molecule has 0 spiro atoms. The normalized spacial score (nSPS) is 18.6. The molecule has 0 amide bonds. The Balaban J connectivity index is 1.85. The summed E-state index contributed by atoms with van der Waals surface area (Å²) in [4.78, 5) is 29.9. The van der Waals surface area contributed by atoms with Gasteiger partial charge in [0.15, 0.2) is 5.78 Å². The fourth-order valence-electron chi connectivity index (χ4n) is 2.58. The number of aliphatic hydroxyl groups is 1. The van der Waals surface area contributed by atoms with E-state index in [9.17, 15) is 14.7 Å². The molecule has 20 heavy (non-hydrogen) atoms. The van der Waals surface area contributed by atoms with Crippen LogP contribution in [-0.4, -0.2) is 21.7 Å².